The first-order chi connectivity index (χ1) is 9.80. The molecule has 2 nitrogen and oxygen atoms in total. The van der Waals surface area contributed by atoms with E-state index in [1.54, 1.807) is 18.2 Å². The summed E-state index contributed by atoms with van der Waals surface area (Å²) in [5, 5.41) is 0.311. The Bertz CT molecular complexity index is 686. The van der Waals surface area contributed by atoms with Crippen LogP contribution >= 0.6 is 27.5 Å². The molecule has 0 fully saturated rings. The Morgan fingerprint density at radius 1 is 1.10 bits per heavy atom. The zero-order chi connectivity index (χ0) is 15.6. The average Bonchev–Trinajstić information content (AvgIpc) is 2.39. The van der Waals surface area contributed by atoms with E-state index < -0.39 is 12.1 Å². The van der Waals surface area contributed by atoms with E-state index in [2.05, 4.69) is 20.7 Å². The first-order valence-corrected chi connectivity index (χ1v) is 6.77. The number of hydrogen-bond donors (Lipinski definition) is 0. The zero-order valence-corrected chi connectivity index (χ0v) is 12.6. The molecule has 0 saturated carbocycles. The fourth-order valence-electron chi connectivity index (χ4n) is 1.77. The number of carbonyl (C=O) groups excluding carboxylic acids is 1. The first kappa shape index (κ1) is 15.9. The highest BCUT2D eigenvalue weighted by molar-refractivity contribution is 9.10. The summed E-state index contributed by atoms with van der Waals surface area (Å²) in [5.74, 6) is -0.417. The third kappa shape index (κ3) is 3.98. The van der Waals surface area contributed by atoms with Gasteiger partial charge in [0, 0.05) is 20.6 Å². The SMILES string of the molecule is O=Cc1ccc(OC(F)(F)F)cc1-c1cc(Br)ccc1Cl. The van der Waals surface area contributed by atoms with Gasteiger partial charge in [-0.2, -0.15) is 0 Å². The van der Waals surface area contributed by atoms with Crippen molar-refractivity contribution < 1.29 is 22.7 Å². The van der Waals surface area contributed by atoms with E-state index >= 15 is 0 Å². The van der Waals surface area contributed by atoms with Crippen LogP contribution in [0.3, 0.4) is 0 Å². The Morgan fingerprint density at radius 2 is 1.81 bits per heavy atom. The van der Waals surface area contributed by atoms with Crippen LogP contribution in [-0.2, 0) is 0 Å². The number of rotatable bonds is 3. The Morgan fingerprint density at radius 3 is 2.43 bits per heavy atom. The molecule has 0 N–H and O–H groups in total. The molecule has 0 saturated heterocycles. The lowest BCUT2D eigenvalue weighted by Crippen LogP contribution is -2.17. The largest absolute Gasteiger partial charge is 0.573 e. The van der Waals surface area contributed by atoms with Crippen LogP contribution in [0.4, 0.5) is 13.2 Å². The van der Waals surface area contributed by atoms with Crippen molar-refractivity contribution in [1.29, 1.82) is 0 Å². The van der Waals surface area contributed by atoms with Crippen molar-refractivity contribution in [1.82, 2.24) is 0 Å². The number of alkyl halides is 3. The number of aldehydes is 1. The van der Waals surface area contributed by atoms with Crippen LogP contribution in [0.1, 0.15) is 10.4 Å². The van der Waals surface area contributed by atoms with Crippen molar-refractivity contribution >= 4 is 33.8 Å². The Hall–Kier alpha value is -1.53. The number of carbonyl (C=O) groups is 1. The van der Waals surface area contributed by atoms with Crippen LogP contribution in [0.2, 0.25) is 5.02 Å². The number of ether oxygens (including phenoxy) is 1. The maximum atomic E-state index is 12.3. The molecule has 0 aliphatic heterocycles. The number of halogens is 5. The summed E-state index contributed by atoms with van der Waals surface area (Å²) >= 11 is 9.29. The predicted molar refractivity (Wildman–Crippen MR) is 76.7 cm³/mol. The summed E-state index contributed by atoms with van der Waals surface area (Å²) in [5.41, 5.74) is 0.906. The molecular weight excluding hydrogens is 373 g/mol. The van der Waals surface area contributed by atoms with E-state index in [4.69, 9.17) is 11.6 Å². The highest BCUT2D eigenvalue weighted by Gasteiger charge is 2.31. The normalized spacial score (nSPS) is 11.3. The summed E-state index contributed by atoms with van der Waals surface area (Å²) in [7, 11) is 0. The van der Waals surface area contributed by atoms with Crippen molar-refractivity contribution in [3.63, 3.8) is 0 Å². The van der Waals surface area contributed by atoms with Crippen LogP contribution in [0.25, 0.3) is 11.1 Å². The molecule has 0 bridgehead atoms. The van der Waals surface area contributed by atoms with E-state index in [1.165, 1.54) is 6.07 Å². The molecule has 0 amide bonds. The van der Waals surface area contributed by atoms with Gasteiger partial charge < -0.3 is 4.74 Å². The molecule has 0 aromatic heterocycles. The molecule has 2 aromatic carbocycles. The van der Waals surface area contributed by atoms with E-state index in [0.29, 0.717) is 21.3 Å². The van der Waals surface area contributed by atoms with Crippen molar-refractivity contribution in [2.75, 3.05) is 0 Å². The van der Waals surface area contributed by atoms with Crippen LogP contribution in [-0.4, -0.2) is 12.6 Å². The van der Waals surface area contributed by atoms with Crippen molar-refractivity contribution in [3.05, 3.63) is 51.5 Å². The van der Waals surface area contributed by atoms with Gasteiger partial charge in [-0.1, -0.05) is 27.5 Å². The molecule has 7 heteroatoms. The van der Waals surface area contributed by atoms with Gasteiger partial charge in [0.25, 0.3) is 0 Å². The van der Waals surface area contributed by atoms with Gasteiger partial charge in [-0.25, -0.2) is 0 Å². The molecule has 0 unspecified atom stereocenters. The summed E-state index contributed by atoms with van der Waals surface area (Å²) in [6.07, 6.45) is -4.26. The van der Waals surface area contributed by atoms with E-state index in [1.807, 2.05) is 0 Å². The van der Waals surface area contributed by atoms with Crippen LogP contribution in [0.5, 0.6) is 5.75 Å². The predicted octanol–water partition coefficient (Wildman–Crippen LogP) is 5.48. The quantitative estimate of drug-likeness (QED) is 0.660. The fraction of sp³-hybridized carbons (Fsp3) is 0.0714. The lowest BCUT2D eigenvalue weighted by Gasteiger charge is -2.13. The molecule has 0 aliphatic carbocycles. The van der Waals surface area contributed by atoms with Gasteiger partial charge in [0.2, 0.25) is 0 Å². The molecule has 0 heterocycles. The minimum atomic E-state index is -4.80. The number of hydrogen-bond acceptors (Lipinski definition) is 2. The second-order valence-electron chi connectivity index (χ2n) is 4.04. The standard InChI is InChI=1S/C14H7BrClF3O2/c15-9-2-4-13(16)12(5-9)11-6-10(21-14(17,18)19)3-1-8(11)7-20/h1-7H. The lowest BCUT2D eigenvalue weighted by atomic mass is 10.00. The highest BCUT2D eigenvalue weighted by Crippen LogP contribution is 2.35. The van der Waals surface area contributed by atoms with Crippen LogP contribution in [0.15, 0.2) is 40.9 Å². The van der Waals surface area contributed by atoms with Gasteiger partial charge in [0.1, 0.15) is 5.75 Å². The maximum absolute atomic E-state index is 12.3. The van der Waals surface area contributed by atoms with Gasteiger partial charge in [-0.15, -0.1) is 13.2 Å². The van der Waals surface area contributed by atoms with Crippen LogP contribution < -0.4 is 4.74 Å². The third-order valence-electron chi connectivity index (χ3n) is 2.60. The van der Waals surface area contributed by atoms with Gasteiger partial charge in [0.05, 0.1) is 0 Å². The molecule has 2 aromatic rings. The van der Waals surface area contributed by atoms with Crippen molar-refractivity contribution in [2.45, 2.75) is 6.36 Å². The van der Waals surface area contributed by atoms with Crippen molar-refractivity contribution in [2.24, 2.45) is 0 Å². The smallest absolute Gasteiger partial charge is 0.406 e. The van der Waals surface area contributed by atoms with Gasteiger partial charge in [0.15, 0.2) is 6.29 Å². The highest BCUT2D eigenvalue weighted by atomic mass is 79.9. The average molecular weight is 380 g/mol. The van der Waals surface area contributed by atoms with Gasteiger partial charge >= 0.3 is 6.36 Å². The zero-order valence-electron chi connectivity index (χ0n) is 10.2. The fourth-order valence-corrected chi connectivity index (χ4v) is 2.35. The molecule has 0 radical (unpaired) electrons. The minimum Gasteiger partial charge on any atom is -0.406 e. The van der Waals surface area contributed by atoms with E-state index in [-0.39, 0.29) is 11.1 Å². The Labute approximate surface area is 131 Å². The van der Waals surface area contributed by atoms with Gasteiger partial charge in [-0.05, 0) is 42.0 Å². The number of benzene rings is 2. The molecule has 0 aliphatic rings. The van der Waals surface area contributed by atoms with E-state index in [9.17, 15) is 18.0 Å². The monoisotopic (exact) mass is 378 g/mol. The Kier molecular flexibility index (Phi) is 4.58. The molecule has 110 valence electrons. The first-order valence-electron chi connectivity index (χ1n) is 5.60. The Balaban J connectivity index is 2.57. The molecule has 0 atom stereocenters. The van der Waals surface area contributed by atoms with E-state index in [0.717, 1.165) is 12.1 Å². The minimum absolute atomic E-state index is 0.213. The topological polar surface area (TPSA) is 26.3 Å². The summed E-state index contributed by atoms with van der Waals surface area (Å²) in [6, 6.07) is 8.33. The summed E-state index contributed by atoms with van der Waals surface area (Å²) in [6.45, 7) is 0. The molecule has 0 spiro atoms. The van der Waals surface area contributed by atoms with Crippen LogP contribution in [0, 0.1) is 0 Å². The molecule has 2 rings (SSSR count). The second-order valence-corrected chi connectivity index (χ2v) is 5.36. The molecular formula is C14H7BrClF3O2. The maximum Gasteiger partial charge on any atom is 0.573 e. The van der Waals surface area contributed by atoms with Crippen molar-refractivity contribution in [3.8, 4) is 16.9 Å². The summed E-state index contributed by atoms with van der Waals surface area (Å²) in [4.78, 5) is 11.1. The third-order valence-corrected chi connectivity index (χ3v) is 3.43. The lowest BCUT2D eigenvalue weighted by molar-refractivity contribution is -0.274. The molecule has 21 heavy (non-hydrogen) atoms. The second kappa shape index (κ2) is 6.07. The summed E-state index contributed by atoms with van der Waals surface area (Å²) < 4.78 is 41.4. The van der Waals surface area contributed by atoms with Gasteiger partial charge in [-0.3, -0.25) is 4.79 Å².